The minimum absolute atomic E-state index is 0.206. The highest BCUT2D eigenvalue weighted by atomic mass is 19.2. The van der Waals surface area contributed by atoms with Crippen molar-refractivity contribution in [2.24, 2.45) is 10.9 Å². The molecule has 36 heavy (non-hydrogen) atoms. The van der Waals surface area contributed by atoms with E-state index in [1.165, 1.54) is 24.1 Å². The van der Waals surface area contributed by atoms with Gasteiger partial charge in [-0.3, -0.25) is 19.4 Å². The third-order valence-electron chi connectivity index (χ3n) is 6.17. The van der Waals surface area contributed by atoms with Crippen LogP contribution in [0.5, 0.6) is 0 Å². The molecule has 3 amide bonds. The van der Waals surface area contributed by atoms with Gasteiger partial charge in [0, 0.05) is 18.8 Å². The van der Waals surface area contributed by atoms with Crippen molar-refractivity contribution in [1.29, 1.82) is 0 Å². The molecule has 0 saturated heterocycles. The first-order valence-electron chi connectivity index (χ1n) is 11.3. The van der Waals surface area contributed by atoms with Crippen LogP contribution in [0, 0.1) is 17.6 Å². The predicted molar refractivity (Wildman–Crippen MR) is 132 cm³/mol. The lowest BCUT2D eigenvalue weighted by Gasteiger charge is -2.26. The van der Waals surface area contributed by atoms with Gasteiger partial charge in [0.15, 0.2) is 11.6 Å². The molecule has 0 unspecified atom stereocenters. The van der Waals surface area contributed by atoms with Crippen LogP contribution in [0.25, 0.3) is 11.1 Å². The van der Waals surface area contributed by atoms with E-state index in [-0.39, 0.29) is 5.56 Å². The summed E-state index contributed by atoms with van der Waals surface area (Å²) < 4.78 is 27.1. The molecule has 0 aliphatic carbocycles. The van der Waals surface area contributed by atoms with Crippen molar-refractivity contribution in [3.8, 4) is 11.1 Å². The number of likely N-dealkylation sites (N-methyl/N-ethyl adjacent to an activating group) is 1. The van der Waals surface area contributed by atoms with Gasteiger partial charge in [-0.1, -0.05) is 55.5 Å². The Morgan fingerprint density at radius 3 is 2.47 bits per heavy atom. The third kappa shape index (κ3) is 5.00. The summed E-state index contributed by atoms with van der Waals surface area (Å²) in [5.74, 6) is -4.13. The Balaban J connectivity index is 1.54. The van der Waals surface area contributed by atoms with Gasteiger partial charge in [0.25, 0.3) is 5.91 Å². The highest BCUT2D eigenvalue weighted by molar-refractivity contribution is 6.06. The molecule has 4 rings (SSSR count). The molecule has 0 fully saturated rings. The molecular formula is C27H24F2N4O3. The largest absolute Gasteiger partial charge is 0.351 e. The van der Waals surface area contributed by atoms with Crippen molar-refractivity contribution in [3.63, 3.8) is 0 Å². The SMILES string of the molecule is C[C@@H](C(=O)N[C@H]1N=Cc2ccc(-c3ccccc3)cc2N(C)C1=O)[C@@H](NC=O)c1ccc(F)c(F)c1. The minimum atomic E-state index is -1.21. The molecule has 3 atom stereocenters. The van der Waals surface area contributed by atoms with E-state index in [9.17, 15) is 23.2 Å². The van der Waals surface area contributed by atoms with E-state index in [4.69, 9.17) is 0 Å². The molecule has 184 valence electrons. The molecule has 3 aromatic carbocycles. The highest BCUT2D eigenvalue weighted by Crippen LogP contribution is 2.29. The lowest BCUT2D eigenvalue weighted by atomic mass is 9.93. The Bertz CT molecular complexity index is 1330. The summed E-state index contributed by atoms with van der Waals surface area (Å²) in [6.45, 7) is 1.51. The summed E-state index contributed by atoms with van der Waals surface area (Å²) in [5, 5.41) is 5.07. The van der Waals surface area contributed by atoms with E-state index >= 15 is 0 Å². The van der Waals surface area contributed by atoms with Crippen molar-refractivity contribution in [3.05, 3.63) is 89.5 Å². The monoisotopic (exact) mass is 490 g/mol. The summed E-state index contributed by atoms with van der Waals surface area (Å²) in [5.41, 5.74) is 3.46. The summed E-state index contributed by atoms with van der Waals surface area (Å²) in [6, 6.07) is 17.5. The van der Waals surface area contributed by atoms with Gasteiger partial charge in [0.05, 0.1) is 17.6 Å². The topological polar surface area (TPSA) is 90.9 Å². The quantitative estimate of drug-likeness (QED) is 0.496. The van der Waals surface area contributed by atoms with Gasteiger partial charge in [-0.2, -0.15) is 0 Å². The van der Waals surface area contributed by atoms with Gasteiger partial charge in [0.1, 0.15) is 0 Å². The van der Waals surface area contributed by atoms with E-state index in [2.05, 4.69) is 15.6 Å². The van der Waals surface area contributed by atoms with Crippen molar-refractivity contribution >= 4 is 30.1 Å². The second kappa shape index (κ2) is 10.5. The summed E-state index contributed by atoms with van der Waals surface area (Å²) in [4.78, 5) is 43.1. The van der Waals surface area contributed by atoms with Crippen LogP contribution in [0.2, 0.25) is 0 Å². The number of halogens is 2. The molecule has 0 bridgehead atoms. The number of anilines is 1. The minimum Gasteiger partial charge on any atom is -0.351 e. The van der Waals surface area contributed by atoms with Gasteiger partial charge < -0.3 is 15.5 Å². The summed E-state index contributed by atoms with van der Waals surface area (Å²) >= 11 is 0. The zero-order valence-corrected chi connectivity index (χ0v) is 19.6. The number of carbonyl (C=O) groups is 3. The lowest BCUT2D eigenvalue weighted by molar-refractivity contribution is -0.130. The standard InChI is InChI=1S/C27H24F2N4O3/c1-16(24(31-15-34)19-10-11-21(28)22(29)12-19)26(35)32-25-27(36)33(2)23-13-18(8-9-20(23)14-30-25)17-6-4-3-5-7-17/h3-16,24-25H,1-2H3,(H,31,34)(H,32,35)/t16-,24-,25-/m1/s1. The molecule has 1 aliphatic rings. The molecule has 7 nitrogen and oxygen atoms in total. The number of aliphatic imine (C=N–C) groups is 1. The van der Waals surface area contributed by atoms with Gasteiger partial charge in [-0.15, -0.1) is 0 Å². The molecule has 1 heterocycles. The van der Waals surface area contributed by atoms with Crippen molar-refractivity contribution in [2.75, 3.05) is 11.9 Å². The summed E-state index contributed by atoms with van der Waals surface area (Å²) in [7, 11) is 1.60. The second-order valence-corrected chi connectivity index (χ2v) is 8.45. The molecule has 0 saturated carbocycles. The van der Waals surface area contributed by atoms with E-state index in [1.807, 2.05) is 48.5 Å². The maximum atomic E-state index is 13.8. The Morgan fingerprint density at radius 1 is 1.03 bits per heavy atom. The van der Waals surface area contributed by atoms with Gasteiger partial charge in [-0.05, 0) is 34.9 Å². The maximum absolute atomic E-state index is 13.8. The number of rotatable bonds is 7. The Kier molecular flexibility index (Phi) is 7.19. The van der Waals surface area contributed by atoms with E-state index in [0.717, 1.165) is 23.3 Å². The number of benzodiazepines with no additional fused rings is 1. The van der Waals surface area contributed by atoms with Crippen LogP contribution in [-0.4, -0.2) is 37.7 Å². The molecule has 9 heteroatoms. The zero-order chi connectivity index (χ0) is 25.8. The number of nitrogens with one attached hydrogen (secondary N) is 2. The van der Waals surface area contributed by atoms with Crippen molar-refractivity contribution in [1.82, 2.24) is 10.6 Å². The van der Waals surface area contributed by atoms with Gasteiger partial charge in [-0.25, -0.2) is 8.78 Å². The molecule has 0 spiro atoms. The number of nitrogens with zero attached hydrogens (tertiary/aromatic N) is 2. The third-order valence-corrected chi connectivity index (χ3v) is 6.17. The van der Waals surface area contributed by atoms with Crippen molar-refractivity contribution in [2.45, 2.75) is 19.1 Å². The van der Waals surface area contributed by atoms with Gasteiger partial charge in [0.2, 0.25) is 18.5 Å². The van der Waals surface area contributed by atoms with Crippen molar-refractivity contribution < 1.29 is 23.2 Å². The second-order valence-electron chi connectivity index (χ2n) is 8.45. The van der Waals surface area contributed by atoms with Gasteiger partial charge >= 0.3 is 0 Å². The van der Waals surface area contributed by atoms with E-state index in [1.54, 1.807) is 7.05 Å². The fraction of sp³-hybridized carbons (Fsp3) is 0.185. The lowest BCUT2D eigenvalue weighted by Crippen LogP contribution is -2.49. The number of carbonyl (C=O) groups excluding carboxylic acids is 3. The number of fused-ring (bicyclic) bond motifs is 1. The first-order chi connectivity index (χ1) is 17.3. The summed E-state index contributed by atoms with van der Waals surface area (Å²) in [6.07, 6.45) is 0.691. The number of benzene rings is 3. The number of amides is 3. The Hall–Kier alpha value is -4.40. The molecular weight excluding hydrogens is 466 g/mol. The molecule has 0 radical (unpaired) electrons. The van der Waals surface area contributed by atoms with Crippen LogP contribution in [0.3, 0.4) is 0 Å². The Labute approximate surface area is 206 Å². The van der Waals surface area contributed by atoms with Crippen LogP contribution in [0.15, 0.2) is 71.7 Å². The van der Waals surface area contributed by atoms with Crippen LogP contribution >= 0.6 is 0 Å². The van der Waals surface area contributed by atoms with Crippen LogP contribution < -0.4 is 15.5 Å². The van der Waals surface area contributed by atoms with Crippen LogP contribution in [-0.2, 0) is 14.4 Å². The first kappa shape index (κ1) is 24.7. The Morgan fingerprint density at radius 2 is 1.78 bits per heavy atom. The molecule has 2 N–H and O–H groups in total. The zero-order valence-electron chi connectivity index (χ0n) is 19.6. The van der Waals surface area contributed by atoms with E-state index < -0.39 is 41.6 Å². The average Bonchev–Trinajstić information content (AvgIpc) is 3.01. The average molecular weight is 491 g/mol. The smallest absolute Gasteiger partial charge is 0.272 e. The molecule has 3 aromatic rings. The molecule has 0 aromatic heterocycles. The first-order valence-corrected chi connectivity index (χ1v) is 11.3. The number of hydrogen-bond donors (Lipinski definition) is 2. The molecule has 1 aliphatic heterocycles. The van der Waals surface area contributed by atoms with Crippen LogP contribution in [0.1, 0.15) is 24.1 Å². The fourth-order valence-corrected chi connectivity index (χ4v) is 4.10. The highest BCUT2D eigenvalue weighted by Gasteiger charge is 2.32. The number of hydrogen-bond acceptors (Lipinski definition) is 4. The maximum Gasteiger partial charge on any atom is 0.272 e. The predicted octanol–water partition coefficient (Wildman–Crippen LogP) is 3.59. The fourth-order valence-electron chi connectivity index (χ4n) is 4.10. The van der Waals surface area contributed by atoms with E-state index in [0.29, 0.717) is 17.7 Å². The normalized spacial score (nSPS) is 16.5. The van der Waals surface area contributed by atoms with Crippen LogP contribution in [0.4, 0.5) is 14.5 Å².